The van der Waals surface area contributed by atoms with Gasteiger partial charge in [0.15, 0.2) is 0 Å². The lowest BCUT2D eigenvalue weighted by Gasteiger charge is -2.15. The molecule has 0 saturated heterocycles. The molecule has 2 aromatic carbocycles. The zero-order valence-electron chi connectivity index (χ0n) is 12.0. The number of benzene rings is 2. The van der Waals surface area contributed by atoms with Crippen LogP contribution in [0.2, 0.25) is 0 Å². The van der Waals surface area contributed by atoms with Crippen LogP contribution in [-0.2, 0) is 6.42 Å². The first kappa shape index (κ1) is 13.1. The molecule has 1 atom stereocenters. The minimum Gasteiger partial charge on any atom is -0.399 e. The molecule has 4 heteroatoms. The maximum Gasteiger partial charge on any atom is 0.127 e. The van der Waals surface area contributed by atoms with Crippen LogP contribution >= 0.6 is 0 Å². The first-order valence-corrected chi connectivity index (χ1v) is 7.36. The van der Waals surface area contributed by atoms with Gasteiger partial charge < -0.3 is 11.5 Å². The molecule has 3 aromatic rings. The third-order valence-corrected chi connectivity index (χ3v) is 4.46. The average molecular weight is 293 g/mol. The Labute approximate surface area is 127 Å². The Morgan fingerprint density at radius 1 is 1.00 bits per heavy atom. The van der Waals surface area contributed by atoms with Gasteiger partial charge in [-0.1, -0.05) is 6.07 Å². The summed E-state index contributed by atoms with van der Waals surface area (Å²) in [6.45, 7) is 0. The number of nitrogen functional groups attached to an aromatic ring is 2. The summed E-state index contributed by atoms with van der Waals surface area (Å²) in [6.07, 6.45) is 1.87. The summed E-state index contributed by atoms with van der Waals surface area (Å²) < 4.78 is 13.6. The highest BCUT2D eigenvalue weighted by molar-refractivity contribution is 5.84. The van der Waals surface area contributed by atoms with E-state index in [0.29, 0.717) is 11.5 Å². The van der Waals surface area contributed by atoms with E-state index in [1.54, 1.807) is 6.07 Å². The lowest BCUT2D eigenvalue weighted by Crippen LogP contribution is -2.04. The third kappa shape index (κ3) is 1.99. The Morgan fingerprint density at radius 2 is 1.86 bits per heavy atom. The Balaban J connectivity index is 1.89. The first-order chi connectivity index (χ1) is 10.6. The summed E-state index contributed by atoms with van der Waals surface area (Å²) in [5.41, 5.74) is 16.7. The maximum atomic E-state index is 13.6. The molecule has 3 nitrogen and oxygen atoms in total. The van der Waals surface area contributed by atoms with Crippen LogP contribution in [0.4, 0.5) is 15.9 Å². The highest BCUT2D eigenvalue weighted by Crippen LogP contribution is 2.41. The Morgan fingerprint density at radius 3 is 2.73 bits per heavy atom. The number of pyridine rings is 1. The predicted octanol–water partition coefficient (Wildman–Crippen LogP) is 3.62. The second-order valence-electron chi connectivity index (χ2n) is 5.85. The number of fused-ring (bicyclic) bond motifs is 2. The smallest absolute Gasteiger partial charge is 0.127 e. The molecule has 0 amide bonds. The number of hydrogen-bond donors (Lipinski definition) is 2. The van der Waals surface area contributed by atoms with Crippen LogP contribution in [0.5, 0.6) is 0 Å². The topological polar surface area (TPSA) is 64.9 Å². The van der Waals surface area contributed by atoms with Gasteiger partial charge in [0.2, 0.25) is 0 Å². The standard InChI is InChI=1S/C18H16FN3/c19-12-3-1-10-2-5-14(15(10)9-12)16-8-11-7-13(20)4-6-17(11)22-18(16)21/h1,3-4,6-9,14H,2,5,20H2,(H2,21,22). The molecule has 0 fully saturated rings. The van der Waals surface area contributed by atoms with E-state index in [1.807, 2.05) is 30.3 Å². The molecular formula is C18H16FN3. The van der Waals surface area contributed by atoms with Crippen LogP contribution in [0.15, 0.2) is 42.5 Å². The van der Waals surface area contributed by atoms with Gasteiger partial charge in [-0.2, -0.15) is 0 Å². The first-order valence-electron chi connectivity index (χ1n) is 7.36. The van der Waals surface area contributed by atoms with Crippen molar-refractivity contribution in [3.05, 3.63) is 65.0 Å². The fourth-order valence-corrected chi connectivity index (χ4v) is 3.40. The van der Waals surface area contributed by atoms with E-state index < -0.39 is 0 Å². The van der Waals surface area contributed by atoms with Crippen LogP contribution < -0.4 is 11.5 Å². The molecule has 4 rings (SSSR count). The van der Waals surface area contributed by atoms with Crippen molar-refractivity contribution >= 4 is 22.4 Å². The molecule has 0 saturated carbocycles. The second-order valence-corrected chi connectivity index (χ2v) is 5.85. The van der Waals surface area contributed by atoms with Crippen LogP contribution in [-0.4, -0.2) is 4.98 Å². The molecule has 0 radical (unpaired) electrons. The number of aromatic nitrogens is 1. The summed E-state index contributed by atoms with van der Waals surface area (Å²) >= 11 is 0. The van der Waals surface area contributed by atoms with Crippen molar-refractivity contribution < 1.29 is 4.39 Å². The van der Waals surface area contributed by atoms with Gasteiger partial charge in [-0.15, -0.1) is 0 Å². The molecule has 1 aromatic heterocycles. The summed E-state index contributed by atoms with van der Waals surface area (Å²) in [5, 5.41) is 0.967. The largest absolute Gasteiger partial charge is 0.399 e. The molecule has 0 spiro atoms. The Hall–Kier alpha value is -2.62. The lowest BCUT2D eigenvalue weighted by atomic mass is 9.92. The Bertz CT molecular complexity index is 889. The van der Waals surface area contributed by atoms with Gasteiger partial charge in [0.1, 0.15) is 11.6 Å². The quantitative estimate of drug-likeness (QED) is 0.673. The second kappa shape index (κ2) is 4.70. The maximum absolute atomic E-state index is 13.6. The van der Waals surface area contributed by atoms with Gasteiger partial charge in [0.05, 0.1) is 5.52 Å². The van der Waals surface area contributed by atoms with E-state index >= 15 is 0 Å². The number of halogens is 1. The van der Waals surface area contributed by atoms with Crippen molar-refractivity contribution in [2.24, 2.45) is 0 Å². The Kier molecular flexibility index (Phi) is 2.79. The average Bonchev–Trinajstić information content (AvgIpc) is 2.90. The molecule has 1 aliphatic carbocycles. The SMILES string of the molecule is Nc1ccc2nc(N)c(C3CCc4ccc(F)cc43)cc2c1. The number of anilines is 2. The normalized spacial score (nSPS) is 16.9. The van der Waals surface area contributed by atoms with Gasteiger partial charge in [-0.25, -0.2) is 9.37 Å². The predicted molar refractivity (Wildman–Crippen MR) is 87.1 cm³/mol. The third-order valence-electron chi connectivity index (χ3n) is 4.46. The number of rotatable bonds is 1. The molecule has 4 N–H and O–H groups in total. The summed E-state index contributed by atoms with van der Waals surface area (Å²) in [5.74, 6) is 0.408. The fraction of sp³-hybridized carbons (Fsp3) is 0.167. The molecular weight excluding hydrogens is 277 g/mol. The van der Waals surface area contributed by atoms with Crippen molar-refractivity contribution in [3.8, 4) is 0 Å². The number of nitrogens with two attached hydrogens (primary N) is 2. The van der Waals surface area contributed by atoms with E-state index in [9.17, 15) is 4.39 Å². The number of hydrogen-bond acceptors (Lipinski definition) is 3. The van der Waals surface area contributed by atoms with Crippen molar-refractivity contribution in [1.82, 2.24) is 4.98 Å². The fourth-order valence-electron chi connectivity index (χ4n) is 3.40. The van der Waals surface area contributed by atoms with Crippen LogP contribution in [0.3, 0.4) is 0 Å². The number of nitrogens with zero attached hydrogens (tertiary/aromatic N) is 1. The van der Waals surface area contributed by atoms with E-state index in [1.165, 1.54) is 11.6 Å². The minimum atomic E-state index is -0.206. The molecule has 22 heavy (non-hydrogen) atoms. The van der Waals surface area contributed by atoms with Crippen molar-refractivity contribution in [2.75, 3.05) is 11.5 Å². The molecule has 1 aliphatic rings. The van der Waals surface area contributed by atoms with Gasteiger partial charge in [-0.3, -0.25) is 0 Å². The highest BCUT2D eigenvalue weighted by atomic mass is 19.1. The van der Waals surface area contributed by atoms with Crippen molar-refractivity contribution in [3.63, 3.8) is 0 Å². The van der Waals surface area contributed by atoms with E-state index in [2.05, 4.69) is 4.98 Å². The molecule has 0 aliphatic heterocycles. The summed E-state index contributed by atoms with van der Waals surface area (Å²) in [7, 11) is 0. The monoisotopic (exact) mass is 293 g/mol. The lowest BCUT2D eigenvalue weighted by molar-refractivity contribution is 0.624. The summed E-state index contributed by atoms with van der Waals surface area (Å²) in [4.78, 5) is 4.49. The minimum absolute atomic E-state index is 0.101. The van der Waals surface area contributed by atoms with Gasteiger partial charge in [0.25, 0.3) is 0 Å². The van der Waals surface area contributed by atoms with Crippen LogP contribution in [0.25, 0.3) is 10.9 Å². The van der Waals surface area contributed by atoms with E-state index in [4.69, 9.17) is 11.5 Å². The zero-order chi connectivity index (χ0) is 15.3. The van der Waals surface area contributed by atoms with Crippen LogP contribution in [0.1, 0.15) is 29.0 Å². The zero-order valence-corrected chi connectivity index (χ0v) is 12.0. The molecule has 1 unspecified atom stereocenters. The molecule has 1 heterocycles. The van der Waals surface area contributed by atoms with E-state index in [-0.39, 0.29) is 11.7 Å². The van der Waals surface area contributed by atoms with Gasteiger partial charge in [0, 0.05) is 22.6 Å². The summed E-state index contributed by atoms with van der Waals surface area (Å²) in [6, 6.07) is 12.6. The molecule has 0 bridgehead atoms. The van der Waals surface area contributed by atoms with Gasteiger partial charge >= 0.3 is 0 Å². The van der Waals surface area contributed by atoms with Crippen molar-refractivity contribution in [1.29, 1.82) is 0 Å². The van der Waals surface area contributed by atoms with E-state index in [0.717, 1.165) is 34.9 Å². The van der Waals surface area contributed by atoms with Crippen LogP contribution in [0, 0.1) is 5.82 Å². The number of aryl methyl sites for hydroxylation is 1. The molecule has 110 valence electrons. The van der Waals surface area contributed by atoms with Gasteiger partial charge in [-0.05, 0) is 60.4 Å². The van der Waals surface area contributed by atoms with Crippen molar-refractivity contribution in [2.45, 2.75) is 18.8 Å². The highest BCUT2D eigenvalue weighted by Gasteiger charge is 2.26.